The van der Waals surface area contributed by atoms with Crippen LogP contribution >= 0.6 is 11.3 Å². The second kappa shape index (κ2) is 3.55. The van der Waals surface area contributed by atoms with Gasteiger partial charge in [-0.25, -0.2) is 0 Å². The van der Waals surface area contributed by atoms with E-state index in [0.717, 1.165) is 6.42 Å². The molecular formula is C11H10S. The lowest BCUT2D eigenvalue weighted by Crippen LogP contribution is -1.81. The molecule has 0 nitrogen and oxygen atoms in total. The van der Waals surface area contributed by atoms with Crippen molar-refractivity contribution >= 4 is 11.3 Å². The van der Waals surface area contributed by atoms with Crippen LogP contribution in [0.5, 0.6) is 0 Å². The lowest BCUT2D eigenvalue weighted by molar-refractivity contribution is 1.24. The zero-order valence-corrected chi connectivity index (χ0v) is 7.55. The Labute approximate surface area is 76.5 Å². The molecule has 0 unspecified atom stereocenters. The second-order valence-electron chi connectivity index (χ2n) is 2.74. The summed E-state index contributed by atoms with van der Waals surface area (Å²) in [5, 5.41) is 2.12. The summed E-state index contributed by atoms with van der Waals surface area (Å²) in [4.78, 5) is 1.43. The highest BCUT2D eigenvalue weighted by Crippen LogP contribution is 2.13. The van der Waals surface area contributed by atoms with Gasteiger partial charge in [-0.05, 0) is 17.0 Å². The van der Waals surface area contributed by atoms with Crippen LogP contribution in [-0.4, -0.2) is 0 Å². The van der Waals surface area contributed by atoms with Gasteiger partial charge in [-0.3, -0.25) is 0 Å². The van der Waals surface area contributed by atoms with Crippen molar-refractivity contribution in [3.8, 4) is 0 Å². The quantitative estimate of drug-likeness (QED) is 0.655. The van der Waals surface area contributed by atoms with Crippen molar-refractivity contribution in [3.63, 3.8) is 0 Å². The number of benzene rings is 1. The van der Waals surface area contributed by atoms with E-state index in [2.05, 4.69) is 47.8 Å². The third-order valence-corrected chi connectivity index (χ3v) is 2.68. The van der Waals surface area contributed by atoms with E-state index in [-0.39, 0.29) is 0 Å². The van der Waals surface area contributed by atoms with Gasteiger partial charge in [0.2, 0.25) is 0 Å². The standard InChI is InChI=1S/C11H10S/c1-2-5-10(6-3-1)9-11-7-4-8-12-11/h1-8H,9H2. The summed E-state index contributed by atoms with van der Waals surface area (Å²) in [7, 11) is 0. The number of hydrogen-bond donors (Lipinski definition) is 0. The molecule has 0 spiro atoms. The molecule has 0 aliphatic rings. The molecule has 60 valence electrons. The smallest absolute Gasteiger partial charge is 0.00890 e. The largest absolute Gasteiger partial charge is 0.149 e. The second-order valence-corrected chi connectivity index (χ2v) is 3.77. The maximum absolute atomic E-state index is 2.18. The molecule has 0 N–H and O–H groups in total. The Morgan fingerprint density at radius 2 is 1.75 bits per heavy atom. The van der Waals surface area contributed by atoms with Gasteiger partial charge in [0, 0.05) is 11.3 Å². The van der Waals surface area contributed by atoms with Gasteiger partial charge in [-0.15, -0.1) is 11.3 Å². The van der Waals surface area contributed by atoms with Gasteiger partial charge in [-0.2, -0.15) is 0 Å². The molecule has 0 radical (unpaired) electrons. The molecule has 0 amide bonds. The van der Waals surface area contributed by atoms with Crippen LogP contribution in [0.15, 0.2) is 47.8 Å². The van der Waals surface area contributed by atoms with Gasteiger partial charge >= 0.3 is 0 Å². The number of hydrogen-bond acceptors (Lipinski definition) is 1. The first-order valence-electron chi connectivity index (χ1n) is 4.01. The fourth-order valence-corrected chi connectivity index (χ4v) is 1.95. The minimum atomic E-state index is 1.07. The highest BCUT2D eigenvalue weighted by Gasteiger charge is 1.94. The Bertz CT molecular complexity index is 321. The molecule has 0 aliphatic carbocycles. The molecule has 1 heteroatoms. The van der Waals surface area contributed by atoms with Crippen molar-refractivity contribution in [3.05, 3.63) is 58.3 Å². The van der Waals surface area contributed by atoms with Crippen molar-refractivity contribution in [2.75, 3.05) is 0 Å². The van der Waals surface area contributed by atoms with Crippen LogP contribution in [-0.2, 0) is 6.42 Å². The average molecular weight is 174 g/mol. The van der Waals surface area contributed by atoms with Gasteiger partial charge in [0.15, 0.2) is 0 Å². The average Bonchev–Trinajstić information content (AvgIpc) is 2.59. The highest BCUT2D eigenvalue weighted by molar-refractivity contribution is 7.09. The highest BCUT2D eigenvalue weighted by atomic mass is 32.1. The van der Waals surface area contributed by atoms with Crippen molar-refractivity contribution in [1.29, 1.82) is 0 Å². The molecule has 0 saturated heterocycles. The van der Waals surface area contributed by atoms with Crippen LogP contribution in [0.4, 0.5) is 0 Å². The molecule has 0 atom stereocenters. The predicted octanol–water partition coefficient (Wildman–Crippen LogP) is 3.34. The Kier molecular flexibility index (Phi) is 2.23. The summed E-state index contributed by atoms with van der Waals surface area (Å²) in [6.07, 6.45) is 1.07. The van der Waals surface area contributed by atoms with Crippen molar-refractivity contribution in [2.24, 2.45) is 0 Å². The van der Waals surface area contributed by atoms with E-state index >= 15 is 0 Å². The topological polar surface area (TPSA) is 0 Å². The summed E-state index contributed by atoms with van der Waals surface area (Å²) in [6.45, 7) is 0. The molecule has 2 rings (SSSR count). The Balaban J connectivity index is 2.15. The van der Waals surface area contributed by atoms with Crippen LogP contribution in [0.3, 0.4) is 0 Å². The van der Waals surface area contributed by atoms with Crippen LogP contribution in [0.25, 0.3) is 0 Å². The molecule has 1 heterocycles. The van der Waals surface area contributed by atoms with Gasteiger partial charge in [0.1, 0.15) is 0 Å². The lowest BCUT2D eigenvalue weighted by atomic mass is 10.1. The van der Waals surface area contributed by atoms with Crippen molar-refractivity contribution in [2.45, 2.75) is 6.42 Å². The maximum Gasteiger partial charge on any atom is 0.00890 e. The van der Waals surface area contributed by atoms with Gasteiger partial charge in [0.25, 0.3) is 0 Å². The molecule has 1 aromatic carbocycles. The van der Waals surface area contributed by atoms with Gasteiger partial charge in [-0.1, -0.05) is 36.4 Å². The first-order chi connectivity index (χ1) is 5.95. The summed E-state index contributed by atoms with van der Waals surface area (Å²) in [6, 6.07) is 14.8. The number of thiophene rings is 1. The van der Waals surface area contributed by atoms with E-state index in [1.807, 2.05) is 11.3 Å². The molecule has 12 heavy (non-hydrogen) atoms. The molecule has 1 aromatic heterocycles. The van der Waals surface area contributed by atoms with E-state index in [4.69, 9.17) is 0 Å². The third kappa shape index (κ3) is 1.74. The summed E-state index contributed by atoms with van der Waals surface area (Å²) >= 11 is 1.82. The van der Waals surface area contributed by atoms with Gasteiger partial charge in [0.05, 0.1) is 0 Å². The molecular weight excluding hydrogens is 164 g/mol. The Hall–Kier alpha value is -1.08. The number of rotatable bonds is 2. The zero-order valence-electron chi connectivity index (χ0n) is 6.73. The zero-order chi connectivity index (χ0) is 8.23. The molecule has 0 fully saturated rings. The van der Waals surface area contributed by atoms with Gasteiger partial charge < -0.3 is 0 Å². The van der Waals surface area contributed by atoms with E-state index in [1.54, 1.807) is 0 Å². The van der Waals surface area contributed by atoms with Crippen molar-refractivity contribution in [1.82, 2.24) is 0 Å². The monoisotopic (exact) mass is 174 g/mol. The van der Waals surface area contributed by atoms with E-state index in [9.17, 15) is 0 Å². The van der Waals surface area contributed by atoms with E-state index in [0.29, 0.717) is 0 Å². The minimum Gasteiger partial charge on any atom is -0.149 e. The lowest BCUT2D eigenvalue weighted by Gasteiger charge is -1.96. The normalized spacial score (nSPS) is 10.0. The fraction of sp³-hybridized carbons (Fsp3) is 0.0909. The van der Waals surface area contributed by atoms with Crippen LogP contribution in [0.1, 0.15) is 10.4 Å². The third-order valence-electron chi connectivity index (χ3n) is 1.80. The van der Waals surface area contributed by atoms with E-state index < -0.39 is 0 Å². The fourth-order valence-electron chi connectivity index (χ4n) is 1.21. The van der Waals surface area contributed by atoms with Crippen molar-refractivity contribution < 1.29 is 0 Å². The first kappa shape index (κ1) is 7.56. The van der Waals surface area contributed by atoms with Crippen LogP contribution in [0, 0.1) is 0 Å². The minimum absolute atomic E-state index is 1.07. The SMILES string of the molecule is c1ccc(Cc2cccs2)cc1. The maximum atomic E-state index is 2.18. The Morgan fingerprint density at radius 1 is 0.917 bits per heavy atom. The summed E-state index contributed by atoms with van der Waals surface area (Å²) in [5.41, 5.74) is 1.39. The van der Waals surface area contributed by atoms with Crippen LogP contribution in [0.2, 0.25) is 0 Å². The summed E-state index contributed by atoms with van der Waals surface area (Å²) < 4.78 is 0. The summed E-state index contributed by atoms with van der Waals surface area (Å²) in [5.74, 6) is 0. The molecule has 0 aliphatic heterocycles. The molecule has 0 bridgehead atoms. The molecule has 0 saturated carbocycles. The molecule has 2 aromatic rings. The predicted molar refractivity (Wildman–Crippen MR) is 53.6 cm³/mol. The van der Waals surface area contributed by atoms with E-state index in [1.165, 1.54) is 10.4 Å². The Morgan fingerprint density at radius 3 is 2.42 bits per heavy atom. The first-order valence-corrected chi connectivity index (χ1v) is 4.89. The van der Waals surface area contributed by atoms with Crippen LogP contribution < -0.4 is 0 Å².